The van der Waals surface area contributed by atoms with Gasteiger partial charge in [0.25, 0.3) is 0 Å². The maximum absolute atomic E-state index is 12.1. The van der Waals surface area contributed by atoms with Gasteiger partial charge in [0.2, 0.25) is 5.91 Å². The number of carbonyl (C=O) groups is 1. The minimum atomic E-state index is -0.885. The molecule has 98 valence electrons. The Morgan fingerprint density at radius 3 is 2.83 bits per heavy atom. The van der Waals surface area contributed by atoms with Crippen LogP contribution in [-0.2, 0) is 4.79 Å². The first-order chi connectivity index (χ1) is 8.15. The number of benzene rings is 1. The molecular weight excluding hydrogens is 256 g/mol. The van der Waals surface area contributed by atoms with E-state index in [1.807, 2.05) is 12.1 Å². The van der Waals surface area contributed by atoms with E-state index in [1.165, 1.54) is 4.90 Å². The van der Waals surface area contributed by atoms with Crippen LogP contribution in [0.5, 0.6) is 5.75 Å². The number of alkyl halides is 1. The summed E-state index contributed by atoms with van der Waals surface area (Å²) in [5.74, 6) is 0.283. The Morgan fingerprint density at radius 2 is 2.17 bits per heavy atom. The highest BCUT2D eigenvalue weighted by molar-refractivity contribution is 6.23. The van der Waals surface area contributed by atoms with E-state index in [1.54, 1.807) is 18.2 Å². The van der Waals surface area contributed by atoms with Crippen molar-refractivity contribution in [1.82, 2.24) is 0 Å². The first-order valence-corrected chi connectivity index (χ1v) is 5.66. The highest BCUT2D eigenvalue weighted by atomic mass is 35.5. The minimum absolute atomic E-state index is 0. The number of hydrogen-bond acceptors (Lipinski definition) is 3. The minimum Gasteiger partial charge on any atom is -0.470 e. The molecule has 2 atom stereocenters. The van der Waals surface area contributed by atoms with Crippen molar-refractivity contribution in [3.05, 3.63) is 36.9 Å². The Balaban J connectivity index is 0.00000162. The maximum atomic E-state index is 12.1. The molecule has 1 aromatic rings. The van der Waals surface area contributed by atoms with Gasteiger partial charge in [0.1, 0.15) is 11.8 Å². The van der Waals surface area contributed by atoms with Crippen molar-refractivity contribution in [2.75, 3.05) is 11.4 Å². The Labute approximate surface area is 110 Å². The molecule has 2 rings (SSSR count). The van der Waals surface area contributed by atoms with Crippen LogP contribution >= 0.6 is 11.6 Å². The van der Waals surface area contributed by atoms with Gasteiger partial charge < -0.3 is 20.8 Å². The van der Waals surface area contributed by atoms with Gasteiger partial charge in [0, 0.05) is 6.54 Å². The van der Waals surface area contributed by atoms with Crippen LogP contribution < -0.4 is 15.4 Å². The molecule has 4 N–H and O–H groups in total. The number of hydrogen-bond donors (Lipinski definition) is 1. The van der Waals surface area contributed by atoms with Crippen LogP contribution in [0.2, 0.25) is 0 Å². The Morgan fingerprint density at radius 1 is 1.50 bits per heavy atom. The van der Waals surface area contributed by atoms with Gasteiger partial charge in [-0.15, -0.1) is 6.58 Å². The Bertz CT molecular complexity index is 453. The molecule has 0 radical (unpaired) electrons. The molecule has 18 heavy (non-hydrogen) atoms. The third-order valence-corrected chi connectivity index (χ3v) is 2.90. The van der Waals surface area contributed by atoms with E-state index in [0.717, 1.165) is 0 Å². The van der Waals surface area contributed by atoms with Gasteiger partial charge in [-0.25, -0.2) is 0 Å². The number of carbonyl (C=O) groups excluding carboxylic acids is 1. The monoisotopic (exact) mass is 270 g/mol. The molecule has 0 bridgehead atoms. The number of ether oxygens (including phenoxy) is 1. The van der Waals surface area contributed by atoms with Gasteiger partial charge in [-0.3, -0.25) is 4.79 Å². The molecular formula is C12H15ClN2O3. The predicted molar refractivity (Wildman–Crippen MR) is 70.9 cm³/mol. The summed E-state index contributed by atoms with van der Waals surface area (Å²) in [6.07, 6.45) is 1.63. The van der Waals surface area contributed by atoms with Gasteiger partial charge in [-0.2, -0.15) is 0 Å². The van der Waals surface area contributed by atoms with Crippen LogP contribution in [0, 0.1) is 0 Å². The molecule has 0 saturated heterocycles. The molecule has 1 aliphatic rings. The lowest BCUT2D eigenvalue weighted by molar-refractivity contribution is -0.120. The summed E-state index contributed by atoms with van der Waals surface area (Å²) in [5.41, 5.74) is 5.54. The number of fused-ring (bicyclic) bond motifs is 1. The maximum Gasteiger partial charge on any atom is 0.249 e. The van der Waals surface area contributed by atoms with Crippen molar-refractivity contribution in [3.8, 4) is 5.75 Å². The van der Waals surface area contributed by atoms with E-state index in [4.69, 9.17) is 22.1 Å². The molecule has 0 fully saturated rings. The molecule has 0 aliphatic carbocycles. The summed E-state index contributed by atoms with van der Waals surface area (Å²) in [7, 11) is 0. The van der Waals surface area contributed by atoms with Crippen LogP contribution in [0.3, 0.4) is 0 Å². The van der Waals surface area contributed by atoms with Crippen molar-refractivity contribution in [2.24, 2.45) is 5.73 Å². The van der Waals surface area contributed by atoms with E-state index < -0.39 is 11.6 Å². The summed E-state index contributed by atoms with van der Waals surface area (Å²) in [6.45, 7) is 4.00. The number of para-hydroxylation sites is 2. The van der Waals surface area contributed by atoms with Gasteiger partial charge in [-0.1, -0.05) is 29.8 Å². The second kappa shape index (κ2) is 5.86. The number of nitrogens with two attached hydrogens (primary N) is 1. The lowest BCUT2D eigenvalue weighted by atomic mass is 10.2. The van der Waals surface area contributed by atoms with Crippen LogP contribution in [0.25, 0.3) is 0 Å². The second-order valence-corrected chi connectivity index (χ2v) is 4.13. The topological polar surface area (TPSA) is 87.1 Å². The van der Waals surface area contributed by atoms with Crippen molar-refractivity contribution in [1.29, 1.82) is 0 Å². The van der Waals surface area contributed by atoms with Crippen LogP contribution in [-0.4, -0.2) is 29.5 Å². The highest BCUT2D eigenvalue weighted by Crippen LogP contribution is 2.33. The van der Waals surface area contributed by atoms with E-state index >= 15 is 0 Å². The third-order valence-electron chi connectivity index (χ3n) is 2.54. The standard InChI is InChI=1S/C12H13ClN2O2.H2O/c1-2-7-15-8-5-3-4-6-9(8)17-11(13)10(14)12(15)16;/h2-6,10-11H,1,7,14H2;1H2/t10-,11?;/m0./s1. The van der Waals surface area contributed by atoms with Gasteiger partial charge in [0.05, 0.1) is 5.69 Å². The number of rotatable bonds is 2. The summed E-state index contributed by atoms with van der Waals surface area (Å²) >= 11 is 5.94. The fourth-order valence-corrected chi connectivity index (χ4v) is 1.91. The fraction of sp³-hybridized carbons (Fsp3) is 0.250. The molecule has 0 aromatic heterocycles. The number of halogens is 1. The van der Waals surface area contributed by atoms with Gasteiger partial charge in [0.15, 0.2) is 5.56 Å². The van der Waals surface area contributed by atoms with Crippen molar-refractivity contribution in [3.63, 3.8) is 0 Å². The molecule has 1 amide bonds. The highest BCUT2D eigenvalue weighted by Gasteiger charge is 2.34. The molecule has 0 saturated carbocycles. The second-order valence-electron chi connectivity index (χ2n) is 3.70. The first-order valence-electron chi connectivity index (χ1n) is 5.22. The van der Waals surface area contributed by atoms with Gasteiger partial charge in [-0.05, 0) is 12.1 Å². The first kappa shape index (κ1) is 14.5. The fourth-order valence-electron chi connectivity index (χ4n) is 1.70. The number of nitrogens with zero attached hydrogens (tertiary/aromatic N) is 1. The van der Waals surface area contributed by atoms with Gasteiger partial charge >= 0.3 is 0 Å². The summed E-state index contributed by atoms with van der Waals surface area (Å²) in [5, 5.41) is 0. The normalized spacial score (nSPS) is 22.3. The van der Waals surface area contributed by atoms with Crippen molar-refractivity contribution < 1.29 is 15.0 Å². The smallest absolute Gasteiger partial charge is 0.249 e. The van der Waals surface area contributed by atoms with E-state index in [9.17, 15) is 4.79 Å². The average Bonchev–Trinajstić information content (AvgIpc) is 2.42. The van der Waals surface area contributed by atoms with Crippen molar-refractivity contribution in [2.45, 2.75) is 11.6 Å². The molecule has 6 heteroatoms. The number of amides is 1. The predicted octanol–water partition coefficient (Wildman–Crippen LogP) is 0.665. The average molecular weight is 271 g/mol. The molecule has 0 spiro atoms. The van der Waals surface area contributed by atoms with Crippen LogP contribution in [0.15, 0.2) is 36.9 Å². The zero-order valence-electron chi connectivity index (χ0n) is 9.67. The quantitative estimate of drug-likeness (QED) is 0.633. The summed E-state index contributed by atoms with van der Waals surface area (Å²) in [4.78, 5) is 13.6. The molecule has 1 aromatic carbocycles. The molecule has 1 unspecified atom stereocenters. The Hall–Kier alpha value is -1.56. The molecule has 1 aliphatic heterocycles. The number of anilines is 1. The lowest BCUT2D eigenvalue weighted by Crippen LogP contribution is -2.48. The van der Waals surface area contributed by atoms with Crippen molar-refractivity contribution >= 4 is 23.2 Å². The van der Waals surface area contributed by atoms with Crippen LogP contribution in [0.1, 0.15) is 0 Å². The SMILES string of the molecule is C=CCN1C(=O)[C@@H](N)C(Cl)Oc2ccccc21.O. The third kappa shape index (κ3) is 2.48. The zero-order valence-corrected chi connectivity index (χ0v) is 10.4. The Kier molecular flexibility index (Phi) is 4.72. The zero-order chi connectivity index (χ0) is 12.4. The molecule has 5 nitrogen and oxygen atoms in total. The van der Waals surface area contributed by atoms with E-state index in [2.05, 4.69) is 6.58 Å². The van der Waals surface area contributed by atoms with E-state index in [0.29, 0.717) is 18.0 Å². The lowest BCUT2D eigenvalue weighted by Gasteiger charge is -2.21. The van der Waals surface area contributed by atoms with E-state index in [-0.39, 0.29) is 11.4 Å². The largest absolute Gasteiger partial charge is 0.470 e. The summed E-state index contributed by atoms with van der Waals surface area (Å²) < 4.78 is 5.46. The van der Waals surface area contributed by atoms with Crippen LogP contribution in [0.4, 0.5) is 5.69 Å². The molecule has 1 heterocycles. The summed E-state index contributed by atoms with van der Waals surface area (Å²) in [6, 6.07) is 6.30.